The van der Waals surface area contributed by atoms with Crippen LogP contribution in [-0.4, -0.2) is 21.3 Å². The SMILES string of the molecule is Cc1ccc(C)c(-c2[nH]ncc2CCC(=O)O)c1. The Hall–Kier alpha value is -2.10. The summed E-state index contributed by atoms with van der Waals surface area (Å²) in [6, 6.07) is 6.21. The van der Waals surface area contributed by atoms with Gasteiger partial charge in [-0.2, -0.15) is 5.10 Å². The third kappa shape index (κ3) is 2.59. The molecule has 0 atom stereocenters. The van der Waals surface area contributed by atoms with Crippen LogP contribution >= 0.6 is 0 Å². The van der Waals surface area contributed by atoms with Gasteiger partial charge < -0.3 is 5.11 Å². The first-order valence-corrected chi connectivity index (χ1v) is 5.89. The van der Waals surface area contributed by atoms with Crippen molar-refractivity contribution in [2.45, 2.75) is 26.7 Å². The number of aromatic nitrogens is 2. The van der Waals surface area contributed by atoms with Crippen LogP contribution in [0, 0.1) is 13.8 Å². The highest BCUT2D eigenvalue weighted by Crippen LogP contribution is 2.26. The van der Waals surface area contributed by atoms with Crippen LogP contribution in [0.3, 0.4) is 0 Å². The Labute approximate surface area is 106 Å². The van der Waals surface area contributed by atoms with Crippen LogP contribution in [0.5, 0.6) is 0 Å². The molecule has 0 fully saturated rings. The van der Waals surface area contributed by atoms with E-state index in [1.165, 1.54) is 5.56 Å². The second-order valence-corrected chi connectivity index (χ2v) is 4.48. The van der Waals surface area contributed by atoms with E-state index in [4.69, 9.17) is 5.11 Å². The molecule has 4 nitrogen and oxygen atoms in total. The summed E-state index contributed by atoms with van der Waals surface area (Å²) in [6.07, 6.45) is 2.33. The monoisotopic (exact) mass is 244 g/mol. The topological polar surface area (TPSA) is 66.0 Å². The second kappa shape index (κ2) is 5.04. The fourth-order valence-corrected chi connectivity index (χ4v) is 1.98. The van der Waals surface area contributed by atoms with Crippen LogP contribution in [-0.2, 0) is 11.2 Å². The fourth-order valence-electron chi connectivity index (χ4n) is 1.98. The molecule has 0 radical (unpaired) electrons. The third-order valence-electron chi connectivity index (χ3n) is 2.99. The Kier molecular flexibility index (Phi) is 3.46. The van der Waals surface area contributed by atoms with Crippen molar-refractivity contribution in [3.05, 3.63) is 41.1 Å². The summed E-state index contributed by atoms with van der Waals surface area (Å²) in [6.45, 7) is 4.08. The molecule has 4 heteroatoms. The zero-order chi connectivity index (χ0) is 13.1. The molecular weight excluding hydrogens is 228 g/mol. The number of nitrogens with zero attached hydrogens (tertiary/aromatic N) is 1. The molecule has 0 bridgehead atoms. The number of benzene rings is 1. The van der Waals surface area contributed by atoms with Gasteiger partial charge >= 0.3 is 5.97 Å². The summed E-state index contributed by atoms with van der Waals surface area (Å²) >= 11 is 0. The first kappa shape index (κ1) is 12.4. The first-order valence-electron chi connectivity index (χ1n) is 5.89. The summed E-state index contributed by atoms with van der Waals surface area (Å²) in [4.78, 5) is 10.6. The Morgan fingerprint density at radius 2 is 2.17 bits per heavy atom. The number of aliphatic carboxylic acids is 1. The second-order valence-electron chi connectivity index (χ2n) is 4.48. The number of carboxylic acid groups (broad SMARTS) is 1. The summed E-state index contributed by atoms with van der Waals surface area (Å²) in [7, 11) is 0. The number of hydrogen-bond acceptors (Lipinski definition) is 2. The number of carbonyl (C=O) groups is 1. The fraction of sp³-hybridized carbons (Fsp3) is 0.286. The maximum absolute atomic E-state index is 10.6. The Morgan fingerprint density at radius 1 is 1.39 bits per heavy atom. The number of aromatic amines is 1. The van der Waals surface area contributed by atoms with Gasteiger partial charge in [-0.3, -0.25) is 9.89 Å². The van der Waals surface area contributed by atoms with Crippen molar-refractivity contribution in [1.82, 2.24) is 10.2 Å². The first-order chi connectivity index (χ1) is 8.58. The Morgan fingerprint density at radius 3 is 2.89 bits per heavy atom. The van der Waals surface area contributed by atoms with Crippen molar-refractivity contribution < 1.29 is 9.90 Å². The van der Waals surface area contributed by atoms with Crippen molar-refractivity contribution in [2.75, 3.05) is 0 Å². The number of hydrogen-bond donors (Lipinski definition) is 2. The van der Waals surface area contributed by atoms with Gasteiger partial charge in [0, 0.05) is 12.0 Å². The van der Waals surface area contributed by atoms with E-state index < -0.39 is 5.97 Å². The highest BCUT2D eigenvalue weighted by Gasteiger charge is 2.11. The lowest BCUT2D eigenvalue weighted by Gasteiger charge is -2.07. The zero-order valence-electron chi connectivity index (χ0n) is 10.5. The van der Waals surface area contributed by atoms with E-state index in [-0.39, 0.29) is 6.42 Å². The van der Waals surface area contributed by atoms with E-state index >= 15 is 0 Å². The van der Waals surface area contributed by atoms with E-state index in [9.17, 15) is 4.79 Å². The van der Waals surface area contributed by atoms with Gasteiger partial charge in [-0.05, 0) is 37.5 Å². The summed E-state index contributed by atoms with van der Waals surface area (Å²) < 4.78 is 0. The third-order valence-corrected chi connectivity index (χ3v) is 2.99. The maximum Gasteiger partial charge on any atom is 0.303 e. The molecule has 94 valence electrons. The molecular formula is C14H16N2O2. The van der Waals surface area contributed by atoms with E-state index in [1.807, 2.05) is 13.8 Å². The lowest BCUT2D eigenvalue weighted by Crippen LogP contribution is -1.98. The van der Waals surface area contributed by atoms with Crippen LogP contribution in [0.25, 0.3) is 11.3 Å². The average molecular weight is 244 g/mol. The van der Waals surface area contributed by atoms with Crippen molar-refractivity contribution in [3.8, 4) is 11.3 Å². The molecule has 1 aromatic heterocycles. The molecule has 0 aliphatic heterocycles. The summed E-state index contributed by atoms with van der Waals surface area (Å²) in [5.41, 5.74) is 5.30. The van der Waals surface area contributed by atoms with Crippen LogP contribution < -0.4 is 0 Å². The minimum Gasteiger partial charge on any atom is -0.481 e. The standard InChI is InChI=1S/C14H16N2O2/c1-9-3-4-10(2)12(7-9)14-11(8-15-16-14)5-6-13(17)18/h3-4,7-8H,5-6H2,1-2H3,(H,15,16)(H,17,18). The van der Waals surface area contributed by atoms with Gasteiger partial charge in [0.1, 0.15) is 0 Å². The van der Waals surface area contributed by atoms with Crippen LogP contribution in [0.15, 0.2) is 24.4 Å². The van der Waals surface area contributed by atoms with Crippen molar-refractivity contribution in [1.29, 1.82) is 0 Å². The van der Waals surface area contributed by atoms with Crippen LogP contribution in [0.4, 0.5) is 0 Å². The molecule has 0 spiro atoms. The number of rotatable bonds is 4. The molecule has 1 heterocycles. The van der Waals surface area contributed by atoms with E-state index in [1.54, 1.807) is 6.20 Å². The van der Waals surface area contributed by atoms with Crippen LogP contribution in [0.1, 0.15) is 23.1 Å². The minimum atomic E-state index is -0.789. The van der Waals surface area contributed by atoms with Crippen LogP contribution in [0.2, 0.25) is 0 Å². The smallest absolute Gasteiger partial charge is 0.303 e. The molecule has 0 aliphatic carbocycles. The molecule has 0 amide bonds. The Bertz CT molecular complexity index is 573. The van der Waals surface area contributed by atoms with Crippen molar-refractivity contribution in [3.63, 3.8) is 0 Å². The quantitative estimate of drug-likeness (QED) is 0.869. The van der Waals surface area contributed by atoms with E-state index in [0.29, 0.717) is 6.42 Å². The number of aryl methyl sites for hydroxylation is 3. The van der Waals surface area contributed by atoms with Gasteiger partial charge in [-0.15, -0.1) is 0 Å². The van der Waals surface area contributed by atoms with Gasteiger partial charge in [0.05, 0.1) is 11.9 Å². The number of H-pyrrole nitrogens is 1. The van der Waals surface area contributed by atoms with Gasteiger partial charge in [0.25, 0.3) is 0 Å². The molecule has 2 aromatic rings. The molecule has 0 saturated carbocycles. The minimum absolute atomic E-state index is 0.122. The average Bonchev–Trinajstić information content (AvgIpc) is 2.77. The normalized spacial score (nSPS) is 10.6. The molecule has 18 heavy (non-hydrogen) atoms. The molecule has 0 unspecified atom stereocenters. The van der Waals surface area contributed by atoms with E-state index in [2.05, 4.69) is 28.4 Å². The van der Waals surface area contributed by atoms with Gasteiger partial charge in [0.2, 0.25) is 0 Å². The zero-order valence-corrected chi connectivity index (χ0v) is 10.5. The lowest BCUT2D eigenvalue weighted by molar-refractivity contribution is -0.136. The lowest BCUT2D eigenvalue weighted by atomic mass is 9.99. The summed E-state index contributed by atoms with van der Waals surface area (Å²) in [5, 5.41) is 15.7. The molecule has 0 saturated heterocycles. The maximum atomic E-state index is 10.6. The van der Waals surface area contributed by atoms with Crippen molar-refractivity contribution in [2.24, 2.45) is 0 Å². The van der Waals surface area contributed by atoms with Gasteiger partial charge in [-0.1, -0.05) is 17.7 Å². The van der Waals surface area contributed by atoms with E-state index in [0.717, 1.165) is 22.4 Å². The Balaban J connectivity index is 2.36. The number of carboxylic acids is 1. The molecule has 2 rings (SSSR count). The highest BCUT2D eigenvalue weighted by atomic mass is 16.4. The molecule has 1 aromatic carbocycles. The highest BCUT2D eigenvalue weighted by molar-refractivity contribution is 5.70. The van der Waals surface area contributed by atoms with Gasteiger partial charge in [-0.25, -0.2) is 0 Å². The van der Waals surface area contributed by atoms with Gasteiger partial charge in [0.15, 0.2) is 0 Å². The molecule has 0 aliphatic rings. The predicted octanol–water partition coefficient (Wildman–Crippen LogP) is 2.71. The number of nitrogens with one attached hydrogen (secondary N) is 1. The molecule has 2 N–H and O–H groups in total. The largest absolute Gasteiger partial charge is 0.481 e. The summed E-state index contributed by atoms with van der Waals surface area (Å²) in [5.74, 6) is -0.789. The van der Waals surface area contributed by atoms with Crippen molar-refractivity contribution >= 4 is 5.97 Å². The predicted molar refractivity (Wildman–Crippen MR) is 69.5 cm³/mol.